The Morgan fingerprint density at radius 3 is 2.42 bits per heavy atom. The number of imide groups is 1. The Hall–Kier alpha value is -2.37. The minimum Gasteiger partial charge on any atom is -0.348 e. The van der Waals surface area contributed by atoms with E-state index >= 15 is 0 Å². The van der Waals surface area contributed by atoms with E-state index in [9.17, 15) is 14.4 Å². The molecule has 0 bridgehead atoms. The van der Waals surface area contributed by atoms with E-state index in [0.717, 1.165) is 16.0 Å². The number of hydrogen-bond donors (Lipinski definition) is 2. The highest BCUT2D eigenvalue weighted by molar-refractivity contribution is 6.06. The number of hydrogen-bond acceptors (Lipinski definition) is 3. The van der Waals surface area contributed by atoms with Crippen LogP contribution in [0.5, 0.6) is 0 Å². The number of nitrogens with zero attached hydrogens (tertiary/aromatic N) is 1. The molecule has 1 saturated heterocycles. The van der Waals surface area contributed by atoms with Crippen molar-refractivity contribution in [3.8, 4) is 0 Å². The summed E-state index contributed by atoms with van der Waals surface area (Å²) in [7, 11) is 0. The van der Waals surface area contributed by atoms with Gasteiger partial charge in [0.1, 0.15) is 12.6 Å². The van der Waals surface area contributed by atoms with Gasteiger partial charge in [0.2, 0.25) is 5.91 Å². The third-order valence-corrected chi connectivity index (χ3v) is 4.43. The van der Waals surface area contributed by atoms with Crippen LogP contribution < -0.4 is 10.6 Å². The molecule has 6 nitrogen and oxygen atoms in total. The van der Waals surface area contributed by atoms with Crippen LogP contribution in [0.1, 0.15) is 43.5 Å². The molecule has 2 unspecified atom stereocenters. The fraction of sp³-hybridized carbons (Fsp3) is 0.500. The van der Waals surface area contributed by atoms with E-state index in [1.807, 2.05) is 52.8 Å². The molecule has 0 radical (unpaired) electrons. The van der Waals surface area contributed by atoms with Gasteiger partial charge in [-0.2, -0.15) is 0 Å². The molecule has 6 heteroatoms. The lowest BCUT2D eigenvalue weighted by atomic mass is 10.0. The number of amides is 4. The summed E-state index contributed by atoms with van der Waals surface area (Å²) >= 11 is 0. The second kappa shape index (κ2) is 7.03. The van der Waals surface area contributed by atoms with Crippen LogP contribution in [-0.4, -0.2) is 35.3 Å². The molecule has 2 atom stereocenters. The fourth-order valence-corrected chi connectivity index (χ4v) is 2.69. The minimum atomic E-state index is -0.553. The van der Waals surface area contributed by atoms with Gasteiger partial charge in [-0.05, 0) is 43.4 Å². The Labute approximate surface area is 142 Å². The van der Waals surface area contributed by atoms with E-state index in [2.05, 4.69) is 10.6 Å². The third-order valence-electron chi connectivity index (χ3n) is 4.43. The van der Waals surface area contributed by atoms with Crippen molar-refractivity contribution in [1.82, 2.24) is 15.5 Å². The summed E-state index contributed by atoms with van der Waals surface area (Å²) in [4.78, 5) is 37.3. The van der Waals surface area contributed by atoms with Crippen LogP contribution >= 0.6 is 0 Å². The lowest BCUT2D eigenvalue weighted by Crippen LogP contribution is -2.42. The molecule has 4 amide bonds. The molecule has 130 valence electrons. The van der Waals surface area contributed by atoms with Crippen molar-refractivity contribution < 1.29 is 14.4 Å². The lowest BCUT2D eigenvalue weighted by molar-refractivity contribution is -0.133. The predicted octanol–water partition coefficient (Wildman–Crippen LogP) is 2.06. The highest BCUT2D eigenvalue weighted by atomic mass is 16.2. The van der Waals surface area contributed by atoms with E-state index in [-0.39, 0.29) is 30.3 Å². The molecule has 1 aromatic rings. The maximum atomic E-state index is 12.2. The SMILES string of the molecule is Cc1ccc(C(C)NC(=O)CN2C(=O)NC(C(C)C)C2=O)cc1C. The summed E-state index contributed by atoms with van der Waals surface area (Å²) in [6.45, 7) is 9.38. The second-order valence-electron chi connectivity index (χ2n) is 6.73. The summed E-state index contributed by atoms with van der Waals surface area (Å²) in [5.74, 6) is -0.707. The number of carbonyl (C=O) groups is 3. The first-order valence-electron chi connectivity index (χ1n) is 8.19. The Morgan fingerprint density at radius 2 is 1.88 bits per heavy atom. The molecule has 1 aromatic carbocycles. The monoisotopic (exact) mass is 331 g/mol. The first-order valence-corrected chi connectivity index (χ1v) is 8.19. The van der Waals surface area contributed by atoms with Gasteiger partial charge in [0.25, 0.3) is 5.91 Å². The largest absolute Gasteiger partial charge is 0.348 e. The van der Waals surface area contributed by atoms with Crippen molar-refractivity contribution in [2.45, 2.75) is 46.7 Å². The Bertz CT molecular complexity index is 669. The molecule has 2 N–H and O–H groups in total. The fourth-order valence-electron chi connectivity index (χ4n) is 2.69. The standard InChI is InChI=1S/C18H25N3O3/c1-10(2)16-17(23)21(18(24)20-16)9-15(22)19-13(5)14-7-6-11(3)12(4)8-14/h6-8,10,13,16H,9H2,1-5H3,(H,19,22)(H,20,24). The maximum Gasteiger partial charge on any atom is 0.325 e. The molecule has 0 spiro atoms. The van der Waals surface area contributed by atoms with Gasteiger partial charge in [0.15, 0.2) is 0 Å². The number of carbonyl (C=O) groups excluding carboxylic acids is 3. The zero-order chi connectivity index (χ0) is 18.0. The number of urea groups is 1. The number of nitrogens with one attached hydrogen (secondary N) is 2. The molecule has 0 saturated carbocycles. The summed E-state index contributed by atoms with van der Waals surface area (Å²) in [5.41, 5.74) is 3.34. The average Bonchev–Trinajstić information content (AvgIpc) is 2.78. The van der Waals surface area contributed by atoms with Crippen LogP contribution in [0.15, 0.2) is 18.2 Å². The highest BCUT2D eigenvalue weighted by Gasteiger charge is 2.40. The highest BCUT2D eigenvalue weighted by Crippen LogP contribution is 2.17. The van der Waals surface area contributed by atoms with Gasteiger partial charge in [0.05, 0.1) is 6.04 Å². The Morgan fingerprint density at radius 1 is 1.21 bits per heavy atom. The summed E-state index contributed by atoms with van der Waals surface area (Å²) in [5, 5.41) is 5.46. The smallest absolute Gasteiger partial charge is 0.325 e. The normalized spacial score (nSPS) is 18.8. The van der Waals surface area contributed by atoms with Crippen LogP contribution in [-0.2, 0) is 9.59 Å². The van der Waals surface area contributed by atoms with Crippen LogP contribution in [0.4, 0.5) is 4.79 Å². The van der Waals surface area contributed by atoms with E-state index in [1.165, 1.54) is 5.56 Å². The van der Waals surface area contributed by atoms with Gasteiger partial charge in [-0.25, -0.2) is 4.79 Å². The Kier molecular flexibility index (Phi) is 5.26. The summed E-state index contributed by atoms with van der Waals surface area (Å²) in [6, 6.07) is 4.75. The number of rotatable bonds is 5. The molecule has 0 aliphatic carbocycles. The predicted molar refractivity (Wildman–Crippen MR) is 91.3 cm³/mol. The van der Waals surface area contributed by atoms with Crippen molar-refractivity contribution in [2.75, 3.05) is 6.54 Å². The van der Waals surface area contributed by atoms with Crippen molar-refractivity contribution >= 4 is 17.8 Å². The van der Waals surface area contributed by atoms with Crippen molar-refractivity contribution in [3.63, 3.8) is 0 Å². The first kappa shape index (κ1) is 18.0. The molecule has 1 aliphatic rings. The van der Waals surface area contributed by atoms with Gasteiger partial charge >= 0.3 is 6.03 Å². The first-order chi connectivity index (χ1) is 11.2. The molecule has 1 heterocycles. The molecule has 2 rings (SSSR count). The maximum absolute atomic E-state index is 12.2. The van der Waals surface area contributed by atoms with Gasteiger partial charge in [0, 0.05) is 0 Å². The van der Waals surface area contributed by atoms with Crippen LogP contribution in [0.3, 0.4) is 0 Å². The molecular weight excluding hydrogens is 306 g/mol. The van der Waals surface area contributed by atoms with Crippen molar-refractivity contribution in [2.24, 2.45) is 5.92 Å². The summed E-state index contributed by atoms with van der Waals surface area (Å²) < 4.78 is 0. The van der Waals surface area contributed by atoms with Crippen LogP contribution in [0, 0.1) is 19.8 Å². The topological polar surface area (TPSA) is 78.5 Å². The molecule has 0 aromatic heterocycles. The minimum absolute atomic E-state index is 0.0102. The second-order valence-corrected chi connectivity index (χ2v) is 6.73. The number of aryl methyl sites for hydroxylation is 2. The van der Waals surface area contributed by atoms with Gasteiger partial charge in [-0.3, -0.25) is 14.5 Å². The molecule has 1 aliphatic heterocycles. The zero-order valence-electron chi connectivity index (χ0n) is 14.8. The van der Waals surface area contributed by atoms with Gasteiger partial charge in [-0.15, -0.1) is 0 Å². The molecular formula is C18H25N3O3. The average molecular weight is 331 g/mol. The zero-order valence-corrected chi connectivity index (χ0v) is 14.8. The lowest BCUT2D eigenvalue weighted by Gasteiger charge is -2.18. The van der Waals surface area contributed by atoms with Crippen LogP contribution in [0.2, 0.25) is 0 Å². The molecule has 1 fully saturated rings. The third kappa shape index (κ3) is 3.75. The van der Waals surface area contributed by atoms with Crippen molar-refractivity contribution in [3.05, 3.63) is 34.9 Å². The van der Waals surface area contributed by atoms with E-state index in [4.69, 9.17) is 0 Å². The van der Waals surface area contributed by atoms with Gasteiger partial charge < -0.3 is 10.6 Å². The quantitative estimate of drug-likeness (QED) is 0.811. The van der Waals surface area contributed by atoms with Gasteiger partial charge in [-0.1, -0.05) is 32.0 Å². The molecule has 24 heavy (non-hydrogen) atoms. The van der Waals surface area contributed by atoms with E-state index in [1.54, 1.807) is 0 Å². The number of benzene rings is 1. The van der Waals surface area contributed by atoms with Crippen molar-refractivity contribution in [1.29, 1.82) is 0 Å². The summed E-state index contributed by atoms with van der Waals surface area (Å²) in [6.07, 6.45) is 0. The van der Waals surface area contributed by atoms with Crippen LogP contribution in [0.25, 0.3) is 0 Å². The van der Waals surface area contributed by atoms with E-state index < -0.39 is 12.1 Å². The Balaban J connectivity index is 1.99. The van der Waals surface area contributed by atoms with E-state index in [0.29, 0.717) is 0 Å².